The lowest BCUT2D eigenvalue weighted by molar-refractivity contribution is -0.280. The van der Waals surface area contributed by atoms with Crippen molar-refractivity contribution < 1.29 is 29.9 Å². The SMILES string of the molecule is OCC1O[C@H](O)[C@H](Oc2ccnc3cc(Cl)ccc23)C(O)[C@@H]1O. The maximum absolute atomic E-state index is 10.1. The van der Waals surface area contributed by atoms with Crippen LogP contribution in [-0.2, 0) is 4.74 Å². The van der Waals surface area contributed by atoms with Crippen LogP contribution in [0.4, 0.5) is 0 Å². The van der Waals surface area contributed by atoms with Gasteiger partial charge in [-0.15, -0.1) is 0 Å². The van der Waals surface area contributed by atoms with E-state index in [1.54, 1.807) is 24.3 Å². The van der Waals surface area contributed by atoms with Gasteiger partial charge in [-0.1, -0.05) is 11.6 Å². The molecule has 124 valence electrons. The Labute approximate surface area is 136 Å². The van der Waals surface area contributed by atoms with E-state index in [4.69, 9.17) is 26.2 Å². The lowest BCUT2D eigenvalue weighted by atomic mass is 9.99. The van der Waals surface area contributed by atoms with Crippen molar-refractivity contribution >= 4 is 22.5 Å². The number of aromatic nitrogens is 1. The number of halogens is 1. The number of fused-ring (bicyclic) bond motifs is 1. The second-order valence-electron chi connectivity index (χ2n) is 5.28. The van der Waals surface area contributed by atoms with Crippen LogP contribution in [0.5, 0.6) is 5.75 Å². The molecule has 1 aliphatic heterocycles. The topological polar surface area (TPSA) is 112 Å². The first-order chi connectivity index (χ1) is 11.0. The maximum atomic E-state index is 10.1. The Morgan fingerprint density at radius 1 is 1.17 bits per heavy atom. The van der Waals surface area contributed by atoms with E-state index in [1.165, 1.54) is 6.20 Å². The van der Waals surface area contributed by atoms with Gasteiger partial charge in [-0.05, 0) is 24.3 Å². The quantitative estimate of drug-likeness (QED) is 0.625. The summed E-state index contributed by atoms with van der Waals surface area (Å²) in [6, 6.07) is 6.60. The van der Waals surface area contributed by atoms with Gasteiger partial charge in [0.25, 0.3) is 0 Å². The molecule has 2 aromatic rings. The van der Waals surface area contributed by atoms with E-state index in [2.05, 4.69) is 4.98 Å². The van der Waals surface area contributed by atoms with Gasteiger partial charge in [0, 0.05) is 16.6 Å². The van der Waals surface area contributed by atoms with Gasteiger partial charge in [-0.2, -0.15) is 0 Å². The summed E-state index contributed by atoms with van der Waals surface area (Å²) in [5, 5.41) is 40.2. The third-order valence-electron chi connectivity index (χ3n) is 3.77. The van der Waals surface area contributed by atoms with Crippen LogP contribution in [0, 0.1) is 0 Å². The molecule has 1 fully saturated rings. The fourth-order valence-corrected chi connectivity index (χ4v) is 2.71. The highest BCUT2D eigenvalue weighted by Crippen LogP contribution is 2.30. The Bertz CT molecular complexity index is 699. The van der Waals surface area contributed by atoms with E-state index in [-0.39, 0.29) is 0 Å². The molecule has 1 saturated heterocycles. The Morgan fingerprint density at radius 3 is 2.70 bits per heavy atom. The monoisotopic (exact) mass is 341 g/mol. The normalized spacial score (nSPS) is 31.3. The van der Waals surface area contributed by atoms with Crippen molar-refractivity contribution in [1.82, 2.24) is 4.98 Å². The predicted octanol–water partition coefficient (Wildman–Crippen LogP) is 0.0669. The molecule has 0 radical (unpaired) electrons. The van der Waals surface area contributed by atoms with E-state index in [0.29, 0.717) is 21.7 Å². The summed E-state index contributed by atoms with van der Waals surface area (Å²) in [7, 11) is 0. The third kappa shape index (κ3) is 3.12. The summed E-state index contributed by atoms with van der Waals surface area (Å²) in [5.74, 6) is 0.355. The minimum atomic E-state index is -1.50. The molecule has 0 aliphatic carbocycles. The molecule has 7 nitrogen and oxygen atoms in total. The number of aliphatic hydroxyl groups excluding tert-OH is 4. The second kappa shape index (κ2) is 6.56. The molecule has 8 heteroatoms. The lowest BCUT2D eigenvalue weighted by Crippen LogP contribution is -2.60. The number of rotatable bonds is 3. The molecular formula is C15H16ClNO6. The van der Waals surface area contributed by atoms with Crippen molar-refractivity contribution in [3.63, 3.8) is 0 Å². The van der Waals surface area contributed by atoms with Gasteiger partial charge in [0.15, 0.2) is 12.4 Å². The van der Waals surface area contributed by atoms with Crippen LogP contribution in [0.1, 0.15) is 0 Å². The average molecular weight is 342 g/mol. The highest BCUT2D eigenvalue weighted by atomic mass is 35.5. The molecular weight excluding hydrogens is 326 g/mol. The smallest absolute Gasteiger partial charge is 0.195 e. The van der Waals surface area contributed by atoms with Crippen molar-refractivity contribution in [2.45, 2.75) is 30.7 Å². The number of benzene rings is 1. The molecule has 4 N–H and O–H groups in total. The number of ether oxygens (including phenoxy) is 2. The lowest BCUT2D eigenvalue weighted by Gasteiger charge is -2.39. The largest absolute Gasteiger partial charge is 0.482 e. The summed E-state index contributed by atoms with van der Waals surface area (Å²) in [4.78, 5) is 4.17. The molecule has 0 spiro atoms. The molecule has 2 heterocycles. The number of hydrogen-bond acceptors (Lipinski definition) is 7. The minimum absolute atomic E-state index is 0.355. The van der Waals surface area contributed by atoms with Crippen LogP contribution in [-0.4, -0.2) is 62.7 Å². The number of hydrogen-bond donors (Lipinski definition) is 4. The van der Waals surface area contributed by atoms with Crippen LogP contribution in [0.15, 0.2) is 30.5 Å². The predicted molar refractivity (Wildman–Crippen MR) is 81.1 cm³/mol. The van der Waals surface area contributed by atoms with Gasteiger partial charge in [0.1, 0.15) is 24.1 Å². The van der Waals surface area contributed by atoms with Gasteiger partial charge < -0.3 is 29.9 Å². The molecule has 0 amide bonds. The minimum Gasteiger partial charge on any atom is -0.482 e. The zero-order chi connectivity index (χ0) is 16.6. The summed E-state index contributed by atoms with van der Waals surface area (Å²) in [5.41, 5.74) is 0.587. The van der Waals surface area contributed by atoms with Gasteiger partial charge in [0.2, 0.25) is 0 Å². The van der Waals surface area contributed by atoms with E-state index in [9.17, 15) is 15.3 Å². The van der Waals surface area contributed by atoms with Crippen molar-refractivity contribution in [3.05, 3.63) is 35.5 Å². The first-order valence-electron chi connectivity index (χ1n) is 7.02. The van der Waals surface area contributed by atoms with Gasteiger partial charge >= 0.3 is 0 Å². The van der Waals surface area contributed by atoms with E-state index in [0.717, 1.165) is 0 Å². The Hall–Kier alpha value is -1.48. The van der Waals surface area contributed by atoms with Crippen LogP contribution < -0.4 is 4.74 Å². The van der Waals surface area contributed by atoms with Gasteiger partial charge in [0.05, 0.1) is 12.1 Å². The van der Waals surface area contributed by atoms with Crippen LogP contribution in [0.2, 0.25) is 5.02 Å². The Morgan fingerprint density at radius 2 is 1.96 bits per heavy atom. The van der Waals surface area contributed by atoms with Gasteiger partial charge in [-0.3, -0.25) is 4.98 Å². The number of nitrogens with zero attached hydrogens (tertiary/aromatic N) is 1. The third-order valence-corrected chi connectivity index (χ3v) is 4.01. The molecule has 0 saturated carbocycles. The number of pyridine rings is 1. The van der Waals surface area contributed by atoms with Crippen LogP contribution in [0.3, 0.4) is 0 Å². The maximum Gasteiger partial charge on any atom is 0.195 e. The van der Waals surface area contributed by atoms with Crippen LogP contribution >= 0.6 is 11.6 Å². The average Bonchev–Trinajstić information content (AvgIpc) is 2.54. The summed E-state index contributed by atoms with van der Waals surface area (Å²) < 4.78 is 10.7. The molecule has 3 rings (SSSR count). The second-order valence-corrected chi connectivity index (χ2v) is 5.72. The Kier molecular flexibility index (Phi) is 4.67. The molecule has 1 aromatic carbocycles. The van der Waals surface area contributed by atoms with Crippen LogP contribution in [0.25, 0.3) is 10.9 Å². The highest BCUT2D eigenvalue weighted by Gasteiger charge is 2.45. The van der Waals surface area contributed by atoms with Crippen molar-refractivity contribution in [1.29, 1.82) is 0 Å². The molecule has 23 heavy (non-hydrogen) atoms. The van der Waals surface area contributed by atoms with Gasteiger partial charge in [-0.25, -0.2) is 0 Å². The van der Waals surface area contributed by atoms with Crippen molar-refractivity contribution in [2.24, 2.45) is 0 Å². The number of aliphatic hydroxyl groups is 4. The Balaban J connectivity index is 1.89. The summed E-state index contributed by atoms with van der Waals surface area (Å²) in [6.07, 6.45) is -5.09. The fraction of sp³-hybridized carbons (Fsp3) is 0.400. The molecule has 5 atom stereocenters. The summed E-state index contributed by atoms with van der Waals surface area (Å²) in [6.45, 7) is -0.529. The van der Waals surface area contributed by atoms with E-state index in [1.807, 2.05) is 0 Å². The fourth-order valence-electron chi connectivity index (χ4n) is 2.54. The zero-order valence-corrected chi connectivity index (χ0v) is 12.7. The zero-order valence-electron chi connectivity index (χ0n) is 11.9. The van der Waals surface area contributed by atoms with Crippen molar-refractivity contribution in [3.8, 4) is 5.75 Å². The first-order valence-corrected chi connectivity index (χ1v) is 7.40. The summed E-state index contributed by atoms with van der Waals surface area (Å²) >= 11 is 5.92. The molecule has 1 aliphatic rings. The standard InChI is InChI=1S/C15H16ClNO6/c16-7-1-2-8-9(5-7)17-4-3-10(8)22-14-13(20)12(19)11(6-18)23-15(14)21/h1-5,11-15,18-21H,6H2/t11?,12-,13?,14-,15+/m1/s1. The van der Waals surface area contributed by atoms with Crippen molar-refractivity contribution in [2.75, 3.05) is 6.61 Å². The molecule has 0 bridgehead atoms. The molecule has 1 aromatic heterocycles. The highest BCUT2D eigenvalue weighted by molar-refractivity contribution is 6.31. The van der Waals surface area contributed by atoms with E-state index < -0.39 is 37.3 Å². The molecule has 2 unspecified atom stereocenters. The first kappa shape index (κ1) is 16.4. The van der Waals surface area contributed by atoms with E-state index >= 15 is 0 Å².